The average molecular weight is 625 g/mol. The molecule has 2 aliphatic carbocycles. The van der Waals surface area contributed by atoms with Crippen LogP contribution in [0.5, 0.6) is 11.5 Å². The summed E-state index contributed by atoms with van der Waals surface area (Å²) in [6.45, 7) is 2.17. The number of aromatic hydroxyl groups is 1. The van der Waals surface area contributed by atoms with E-state index in [9.17, 15) is 28.7 Å². The summed E-state index contributed by atoms with van der Waals surface area (Å²) >= 11 is 14.7. The van der Waals surface area contributed by atoms with E-state index in [0.717, 1.165) is 17.0 Å². The normalized spacial score (nSPS) is 32.9. The molecule has 222 valence electrons. The third-order valence-corrected chi connectivity index (χ3v) is 11.0. The van der Waals surface area contributed by atoms with E-state index in [1.54, 1.807) is 12.1 Å². The Kier molecular flexibility index (Phi) is 6.31. The van der Waals surface area contributed by atoms with E-state index in [4.69, 9.17) is 27.9 Å². The predicted molar refractivity (Wildman–Crippen MR) is 155 cm³/mol. The first kappa shape index (κ1) is 28.1. The molecule has 3 fully saturated rings. The molecular weight excluding hydrogens is 598 g/mol. The van der Waals surface area contributed by atoms with Gasteiger partial charge in [0.05, 0.1) is 23.8 Å². The molecule has 4 amide bonds. The molecule has 0 bridgehead atoms. The first-order valence-corrected chi connectivity index (χ1v) is 15.0. The first-order valence-electron chi connectivity index (χ1n) is 14.3. The van der Waals surface area contributed by atoms with Gasteiger partial charge in [-0.1, -0.05) is 18.6 Å². The molecule has 1 N–H and O–H groups in total. The zero-order chi connectivity index (χ0) is 30.4. The highest BCUT2D eigenvalue weighted by Crippen LogP contribution is 2.65. The maximum absolute atomic E-state index is 14.4. The zero-order valence-electron chi connectivity index (χ0n) is 23.1. The highest BCUT2D eigenvalue weighted by atomic mass is 35.5. The van der Waals surface area contributed by atoms with Gasteiger partial charge < -0.3 is 9.84 Å². The van der Waals surface area contributed by atoms with Gasteiger partial charge in [0, 0.05) is 24.4 Å². The third kappa shape index (κ3) is 3.73. The highest BCUT2D eigenvalue weighted by Gasteiger charge is 2.77. The smallest absolute Gasteiger partial charge is 0.258 e. The van der Waals surface area contributed by atoms with Crippen molar-refractivity contribution in [2.24, 2.45) is 23.7 Å². The molecule has 2 saturated heterocycles. The summed E-state index contributed by atoms with van der Waals surface area (Å²) in [6.07, 6.45) is 4.31. The summed E-state index contributed by atoms with van der Waals surface area (Å²) in [5, 5.41) is 10.2. The van der Waals surface area contributed by atoms with E-state index in [2.05, 4.69) is 0 Å². The lowest BCUT2D eigenvalue weighted by molar-refractivity contribution is -0.140. The van der Waals surface area contributed by atoms with Gasteiger partial charge in [0.2, 0.25) is 11.8 Å². The number of imide groups is 2. The molecule has 0 spiro atoms. The number of benzene rings is 2. The van der Waals surface area contributed by atoms with Gasteiger partial charge in [-0.2, -0.15) is 0 Å². The van der Waals surface area contributed by atoms with E-state index in [1.165, 1.54) is 29.4 Å². The molecule has 6 atom stereocenters. The number of allylic oxidation sites excluding steroid dienone is 3. The van der Waals surface area contributed by atoms with Crippen LogP contribution in [0, 0.1) is 29.5 Å². The minimum Gasteiger partial charge on any atom is -0.508 e. The molecule has 2 aromatic rings. The minimum atomic E-state index is -2.03. The second-order valence-electron chi connectivity index (χ2n) is 11.9. The number of nitrogens with zero attached hydrogens (tertiary/aromatic N) is 2. The molecule has 0 aromatic heterocycles. The molecule has 0 unspecified atom stereocenters. The molecule has 1 saturated carbocycles. The summed E-state index contributed by atoms with van der Waals surface area (Å²) in [4.78, 5) is 53.9. The number of anilines is 1. The van der Waals surface area contributed by atoms with Crippen molar-refractivity contribution < 1.29 is 33.4 Å². The topological polar surface area (TPSA) is 104 Å². The van der Waals surface area contributed by atoms with Crippen LogP contribution in [0.15, 0.2) is 65.9 Å². The molecule has 8 nitrogen and oxygen atoms in total. The molecule has 5 aliphatic rings. The van der Waals surface area contributed by atoms with Crippen LogP contribution in [-0.2, 0) is 25.6 Å². The molecule has 2 aromatic carbocycles. The molecule has 7 rings (SSSR count). The number of phenolic OH excluding ortho intramolecular Hbond substituents is 1. The van der Waals surface area contributed by atoms with Gasteiger partial charge in [0.15, 0.2) is 9.75 Å². The Morgan fingerprint density at radius 2 is 1.77 bits per heavy atom. The number of alkyl halides is 2. The molecule has 3 heterocycles. The highest BCUT2D eigenvalue weighted by molar-refractivity contribution is 6.58. The van der Waals surface area contributed by atoms with Crippen molar-refractivity contribution in [3.8, 4) is 11.5 Å². The van der Waals surface area contributed by atoms with Crippen molar-refractivity contribution in [2.75, 3.05) is 11.4 Å². The van der Waals surface area contributed by atoms with Crippen molar-refractivity contribution in [1.29, 1.82) is 0 Å². The third-order valence-electron chi connectivity index (χ3n) is 9.58. The number of ether oxygens (including phenoxy) is 1. The second kappa shape index (κ2) is 9.66. The van der Waals surface area contributed by atoms with Gasteiger partial charge in [-0.3, -0.25) is 24.1 Å². The maximum Gasteiger partial charge on any atom is 0.258 e. The van der Waals surface area contributed by atoms with Crippen LogP contribution in [0.4, 0.5) is 10.1 Å². The first-order chi connectivity index (χ1) is 20.5. The van der Waals surface area contributed by atoms with E-state index >= 15 is 0 Å². The van der Waals surface area contributed by atoms with Crippen molar-refractivity contribution >= 4 is 52.5 Å². The molecule has 11 heteroatoms. The Bertz CT molecular complexity index is 1670. The van der Waals surface area contributed by atoms with Gasteiger partial charge in [-0.15, -0.1) is 23.2 Å². The lowest BCUT2D eigenvalue weighted by Crippen LogP contribution is -2.61. The van der Waals surface area contributed by atoms with Crippen LogP contribution in [0.1, 0.15) is 31.7 Å². The van der Waals surface area contributed by atoms with Crippen LogP contribution in [0.25, 0.3) is 0 Å². The Hall–Kier alpha value is -3.69. The van der Waals surface area contributed by atoms with Crippen LogP contribution < -0.4 is 9.64 Å². The molecular formula is C32H27Cl2FN2O6. The van der Waals surface area contributed by atoms with E-state index in [0.29, 0.717) is 28.9 Å². The number of carbonyl (C=O) groups excluding carboxylic acids is 4. The van der Waals surface area contributed by atoms with Crippen molar-refractivity contribution in [2.45, 2.75) is 42.4 Å². The summed E-state index contributed by atoms with van der Waals surface area (Å²) in [7, 11) is 0. The second-order valence-corrected chi connectivity index (χ2v) is 13.1. The molecule has 3 aliphatic heterocycles. The van der Waals surface area contributed by atoms with E-state index in [-0.39, 0.29) is 49.1 Å². The SMILES string of the molecule is CCCN1C(=O)[C@H]2[C@H](CC=C3[C@H](C4=COc5ccc(O)cc5C4)[C@]4(Cl)C(=O)N(c5ccc(F)cc5)C(=O)[C@]4(Cl)C[C@H]32)C1=O. The number of hydrogen-bond donors (Lipinski definition) is 1. The summed E-state index contributed by atoms with van der Waals surface area (Å²) < 4.78 is 19.7. The molecule has 0 radical (unpaired) electrons. The predicted octanol–water partition coefficient (Wildman–Crippen LogP) is 4.86. The van der Waals surface area contributed by atoms with Gasteiger partial charge >= 0.3 is 0 Å². The summed E-state index contributed by atoms with van der Waals surface area (Å²) in [5.41, 5.74) is 1.96. The fourth-order valence-corrected chi connectivity index (χ4v) is 8.67. The number of phenols is 1. The Balaban J connectivity index is 1.39. The van der Waals surface area contributed by atoms with E-state index < -0.39 is 51.1 Å². The number of fused-ring (bicyclic) bond motifs is 5. The fraction of sp³-hybridized carbons (Fsp3) is 0.375. The lowest BCUT2D eigenvalue weighted by Gasteiger charge is -2.51. The number of hydrogen-bond acceptors (Lipinski definition) is 6. The number of likely N-dealkylation sites (tertiary alicyclic amines) is 1. The Morgan fingerprint density at radius 1 is 1.02 bits per heavy atom. The van der Waals surface area contributed by atoms with Crippen molar-refractivity contribution in [3.63, 3.8) is 0 Å². The Morgan fingerprint density at radius 3 is 2.49 bits per heavy atom. The fourth-order valence-electron chi connectivity index (χ4n) is 7.72. The Labute approximate surface area is 256 Å². The number of amides is 4. The average Bonchev–Trinajstić information content (AvgIpc) is 3.31. The number of rotatable bonds is 4. The number of carbonyl (C=O) groups is 4. The van der Waals surface area contributed by atoms with E-state index in [1.807, 2.05) is 13.0 Å². The van der Waals surface area contributed by atoms with Crippen molar-refractivity contribution in [3.05, 3.63) is 77.3 Å². The quantitative estimate of drug-likeness (QED) is 0.296. The van der Waals surface area contributed by atoms with Crippen LogP contribution >= 0.6 is 23.2 Å². The van der Waals surface area contributed by atoms with Gasteiger partial charge in [-0.25, -0.2) is 9.29 Å². The van der Waals surface area contributed by atoms with Crippen molar-refractivity contribution in [1.82, 2.24) is 4.90 Å². The standard InChI is InChI=1S/C32H27Cl2FN2O6/c1-2-11-36-27(39)22-9-8-21-23(25(22)28(36)40)14-31(33)29(41)37(19-5-3-18(35)4-6-19)30(42)32(31,34)26(21)17-12-16-13-20(38)7-10-24(16)43-15-17/h3-8,10,13,15,22-23,25-26,38H,2,9,11-12,14H2,1H3/t22-,23+,25-,26-,31+,32-/m0/s1. The van der Waals surface area contributed by atoms with Gasteiger partial charge in [-0.05, 0) is 73.2 Å². The van der Waals surface area contributed by atoms with Crippen LogP contribution in [-0.4, -0.2) is 49.9 Å². The summed E-state index contributed by atoms with van der Waals surface area (Å²) in [6, 6.07) is 9.56. The van der Waals surface area contributed by atoms with Gasteiger partial charge in [0.1, 0.15) is 17.3 Å². The van der Waals surface area contributed by atoms with Crippen LogP contribution in [0.3, 0.4) is 0 Å². The minimum absolute atomic E-state index is 0.0257. The maximum atomic E-state index is 14.4. The molecule has 43 heavy (non-hydrogen) atoms. The number of halogens is 3. The zero-order valence-corrected chi connectivity index (χ0v) is 24.6. The largest absolute Gasteiger partial charge is 0.508 e. The summed E-state index contributed by atoms with van der Waals surface area (Å²) in [5.74, 6) is -5.11. The monoisotopic (exact) mass is 624 g/mol. The lowest BCUT2D eigenvalue weighted by atomic mass is 9.56. The van der Waals surface area contributed by atoms with Gasteiger partial charge in [0.25, 0.3) is 11.8 Å². The van der Waals surface area contributed by atoms with Crippen LogP contribution in [0.2, 0.25) is 0 Å².